The summed E-state index contributed by atoms with van der Waals surface area (Å²) in [6.45, 7) is 0.215. The van der Waals surface area contributed by atoms with Crippen LogP contribution in [0.2, 0.25) is 5.15 Å². The molecule has 0 amide bonds. The van der Waals surface area contributed by atoms with Crippen LogP contribution < -0.4 is 15.4 Å². The SMILES string of the molecule is COc1cc(NCCS(C)(=O)=O)ccc1Nc1ncc(C(F)(F)F)c(Cl)n1. The minimum Gasteiger partial charge on any atom is -0.494 e. The van der Waals surface area contributed by atoms with Crippen molar-refractivity contribution in [3.63, 3.8) is 0 Å². The van der Waals surface area contributed by atoms with Crippen molar-refractivity contribution < 1.29 is 26.3 Å². The van der Waals surface area contributed by atoms with Gasteiger partial charge >= 0.3 is 6.18 Å². The molecular formula is C15H16ClF3N4O3S. The van der Waals surface area contributed by atoms with Crippen LogP contribution in [0.3, 0.4) is 0 Å². The normalized spacial score (nSPS) is 11.9. The topological polar surface area (TPSA) is 93.2 Å². The molecule has 1 heterocycles. The van der Waals surface area contributed by atoms with Gasteiger partial charge in [-0.05, 0) is 12.1 Å². The van der Waals surface area contributed by atoms with Crippen molar-refractivity contribution in [1.29, 1.82) is 0 Å². The van der Waals surface area contributed by atoms with Crippen LogP contribution >= 0.6 is 11.6 Å². The monoisotopic (exact) mass is 424 g/mol. The van der Waals surface area contributed by atoms with E-state index in [1.54, 1.807) is 18.2 Å². The molecule has 2 rings (SSSR count). The summed E-state index contributed by atoms with van der Waals surface area (Å²) in [4.78, 5) is 7.21. The highest BCUT2D eigenvalue weighted by Gasteiger charge is 2.34. The number of hydrogen-bond acceptors (Lipinski definition) is 7. The first-order valence-corrected chi connectivity index (χ1v) is 9.90. The Morgan fingerprint density at radius 2 is 2.00 bits per heavy atom. The van der Waals surface area contributed by atoms with Gasteiger partial charge in [-0.15, -0.1) is 0 Å². The zero-order chi connectivity index (χ0) is 20.2. The molecule has 0 unspecified atom stereocenters. The molecule has 0 bridgehead atoms. The van der Waals surface area contributed by atoms with Crippen LogP contribution in [0.4, 0.5) is 30.5 Å². The van der Waals surface area contributed by atoms with Gasteiger partial charge in [0.1, 0.15) is 26.3 Å². The summed E-state index contributed by atoms with van der Waals surface area (Å²) in [6, 6.07) is 4.81. The highest BCUT2D eigenvalue weighted by molar-refractivity contribution is 7.90. The van der Waals surface area contributed by atoms with E-state index in [0.29, 0.717) is 23.3 Å². The van der Waals surface area contributed by atoms with E-state index >= 15 is 0 Å². The molecule has 12 heteroatoms. The van der Waals surface area contributed by atoms with E-state index in [2.05, 4.69) is 20.6 Å². The number of sulfone groups is 1. The van der Waals surface area contributed by atoms with Gasteiger partial charge in [-0.2, -0.15) is 13.2 Å². The number of benzene rings is 1. The van der Waals surface area contributed by atoms with Gasteiger partial charge in [-0.3, -0.25) is 0 Å². The number of nitrogens with zero attached hydrogens (tertiary/aromatic N) is 2. The van der Waals surface area contributed by atoms with Crippen LogP contribution in [-0.2, 0) is 16.0 Å². The predicted octanol–water partition coefficient (Wildman–Crippen LogP) is 3.36. The molecule has 1 aromatic carbocycles. The lowest BCUT2D eigenvalue weighted by atomic mass is 10.2. The average Bonchev–Trinajstić information content (AvgIpc) is 2.53. The molecule has 0 fully saturated rings. The van der Waals surface area contributed by atoms with Gasteiger partial charge < -0.3 is 15.4 Å². The summed E-state index contributed by atoms with van der Waals surface area (Å²) in [5.74, 6) is 0.177. The van der Waals surface area contributed by atoms with Crippen molar-refractivity contribution in [1.82, 2.24) is 9.97 Å². The van der Waals surface area contributed by atoms with Crippen LogP contribution in [0.5, 0.6) is 5.75 Å². The number of aromatic nitrogens is 2. The van der Waals surface area contributed by atoms with Crippen molar-refractivity contribution in [3.8, 4) is 5.75 Å². The molecule has 0 aliphatic carbocycles. The summed E-state index contributed by atoms with van der Waals surface area (Å²) >= 11 is 5.57. The first kappa shape index (κ1) is 21.0. The van der Waals surface area contributed by atoms with Crippen LogP contribution in [0.1, 0.15) is 5.56 Å². The van der Waals surface area contributed by atoms with Crippen molar-refractivity contribution in [2.75, 3.05) is 36.3 Å². The molecule has 0 spiro atoms. The van der Waals surface area contributed by atoms with Gasteiger partial charge in [-0.25, -0.2) is 18.4 Å². The van der Waals surface area contributed by atoms with Crippen molar-refractivity contribution >= 4 is 38.8 Å². The maximum Gasteiger partial charge on any atom is 0.420 e. The first-order chi connectivity index (χ1) is 12.5. The molecule has 7 nitrogen and oxygen atoms in total. The fourth-order valence-electron chi connectivity index (χ4n) is 2.02. The number of rotatable bonds is 7. The third-order valence-corrected chi connectivity index (χ3v) is 4.53. The Kier molecular flexibility index (Phi) is 6.37. The molecule has 2 N–H and O–H groups in total. The molecule has 27 heavy (non-hydrogen) atoms. The van der Waals surface area contributed by atoms with Crippen molar-refractivity contribution in [2.45, 2.75) is 6.18 Å². The smallest absolute Gasteiger partial charge is 0.420 e. The largest absolute Gasteiger partial charge is 0.494 e. The number of nitrogens with one attached hydrogen (secondary N) is 2. The number of anilines is 3. The Balaban J connectivity index is 2.16. The summed E-state index contributed by atoms with van der Waals surface area (Å²) in [6.07, 6.45) is -2.92. The number of ether oxygens (including phenoxy) is 1. The van der Waals surface area contributed by atoms with Gasteiger partial charge in [0.05, 0.1) is 18.6 Å². The fourth-order valence-corrected chi connectivity index (χ4v) is 2.73. The molecule has 148 valence electrons. The molecule has 0 aliphatic heterocycles. The number of alkyl halides is 3. The summed E-state index contributed by atoms with van der Waals surface area (Å²) in [7, 11) is -1.69. The molecule has 2 aromatic rings. The molecule has 0 aliphatic rings. The number of halogens is 4. The molecule has 1 aromatic heterocycles. The molecule has 0 saturated carbocycles. The Labute approximate surface area is 158 Å². The second-order valence-corrected chi connectivity index (χ2v) is 8.11. The van der Waals surface area contributed by atoms with Gasteiger partial charge in [0.2, 0.25) is 5.95 Å². The summed E-state index contributed by atoms with van der Waals surface area (Å²) in [5, 5.41) is 4.94. The van der Waals surface area contributed by atoms with Gasteiger partial charge in [0.25, 0.3) is 0 Å². The van der Waals surface area contributed by atoms with E-state index < -0.39 is 26.7 Å². The summed E-state index contributed by atoms with van der Waals surface area (Å²) < 4.78 is 65.6. The minimum absolute atomic E-state index is 0.0345. The van der Waals surface area contributed by atoms with Crippen LogP contribution in [0.25, 0.3) is 0 Å². The lowest BCUT2D eigenvalue weighted by molar-refractivity contribution is -0.137. The van der Waals surface area contributed by atoms with Crippen LogP contribution in [0.15, 0.2) is 24.4 Å². The third-order valence-electron chi connectivity index (χ3n) is 3.30. The highest BCUT2D eigenvalue weighted by atomic mass is 35.5. The molecule has 0 atom stereocenters. The van der Waals surface area contributed by atoms with Gasteiger partial charge in [-0.1, -0.05) is 11.6 Å². The van der Waals surface area contributed by atoms with Gasteiger partial charge in [0, 0.05) is 30.8 Å². The molecular weight excluding hydrogens is 409 g/mol. The van der Waals surface area contributed by atoms with Crippen molar-refractivity contribution in [2.24, 2.45) is 0 Å². The quantitative estimate of drug-likeness (QED) is 0.658. The Morgan fingerprint density at radius 3 is 2.56 bits per heavy atom. The van der Waals surface area contributed by atoms with E-state index in [-0.39, 0.29) is 18.2 Å². The zero-order valence-electron chi connectivity index (χ0n) is 14.3. The molecule has 0 saturated heterocycles. The van der Waals surface area contributed by atoms with E-state index in [1.165, 1.54) is 7.11 Å². The maximum atomic E-state index is 12.7. The van der Waals surface area contributed by atoms with Gasteiger partial charge in [0.15, 0.2) is 0 Å². The van der Waals surface area contributed by atoms with E-state index in [9.17, 15) is 21.6 Å². The standard InChI is InChI=1S/C15H16ClF3N4O3S/c1-26-12-7-9(20-5-6-27(2,24)25)3-4-11(12)22-14-21-8-10(13(16)23-14)15(17,18)19/h3-4,7-8,20H,5-6H2,1-2H3,(H,21,22,23). The minimum atomic E-state index is -4.65. The maximum absolute atomic E-state index is 12.7. The van der Waals surface area contributed by atoms with E-state index in [1.807, 2.05) is 0 Å². The Morgan fingerprint density at radius 1 is 1.30 bits per heavy atom. The molecule has 0 radical (unpaired) electrons. The van der Waals surface area contributed by atoms with Crippen molar-refractivity contribution in [3.05, 3.63) is 35.1 Å². The third kappa shape index (κ3) is 6.14. The van der Waals surface area contributed by atoms with E-state index in [0.717, 1.165) is 6.26 Å². The van der Waals surface area contributed by atoms with E-state index in [4.69, 9.17) is 16.3 Å². The van der Waals surface area contributed by atoms with Crippen LogP contribution in [0, 0.1) is 0 Å². The lowest BCUT2D eigenvalue weighted by Crippen LogP contribution is -2.14. The lowest BCUT2D eigenvalue weighted by Gasteiger charge is -2.14. The number of hydrogen-bond donors (Lipinski definition) is 2. The van der Waals surface area contributed by atoms with Crippen LogP contribution in [-0.4, -0.2) is 44.0 Å². The number of methoxy groups -OCH3 is 1. The predicted molar refractivity (Wildman–Crippen MR) is 96.5 cm³/mol. The summed E-state index contributed by atoms with van der Waals surface area (Å²) in [5.41, 5.74) is -0.137. The zero-order valence-corrected chi connectivity index (χ0v) is 15.8. The Bertz CT molecular complexity index is 923. The average molecular weight is 425 g/mol. The first-order valence-electron chi connectivity index (χ1n) is 7.46. The fraction of sp³-hybridized carbons (Fsp3) is 0.333. The second kappa shape index (κ2) is 8.17. The second-order valence-electron chi connectivity index (χ2n) is 5.49. The Hall–Kier alpha value is -2.27. The highest BCUT2D eigenvalue weighted by Crippen LogP contribution is 2.34.